The average molecular weight is 721 g/mol. The summed E-state index contributed by atoms with van der Waals surface area (Å²) in [6, 6.07) is 18.6. The quantitative estimate of drug-likeness (QED) is 0.141. The van der Waals surface area contributed by atoms with E-state index in [9.17, 15) is 9.59 Å². The molecule has 0 saturated carbocycles. The summed E-state index contributed by atoms with van der Waals surface area (Å²) in [5.74, 6) is 1.07. The van der Waals surface area contributed by atoms with Gasteiger partial charge in [-0.2, -0.15) is 0 Å². The standard InChI is InChI=1S/C38H39Cl2N3O7/c1-46-28-6-4-5-26(17-28)36(38(45)50-35-22-43-15-13-23(35)14-16-43)42-27-10-7-24(8-11-27)37(44)49-33(19-29-30(39)20-41-21-31(29)40)25-9-12-32(47-2)34(18-25)48-3/h4-12,17-18,20-21,23,33,35-36,42H,13-16,19,22H2,1-3H3/t33?,35-,36?/m0/s1. The molecule has 7 rings (SSSR count). The number of nitrogens with zero attached hydrogens (tertiary/aromatic N) is 2. The Balaban J connectivity index is 1.22. The van der Waals surface area contributed by atoms with Crippen LogP contribution in [0.5, 0.6) is 17.2 Å². The Morgan fingerprint density at radius 3 is 2.24 bits per heavy atom. The Bertz CT molecular complexity index is 1790. The Kier molecular flexibility index (Phi) is 11.3. The Morgan fingerprint density at radius 2 is 1.60 bits per heavy atom. The van der Waals surface area contributed by atoms with Crippen LogP contribution in [-0.2, 0) is 20.7 Å². The number of carbonyl (C=O) groups is 2. The van der Waals surface area contributed by atoms with E-state index in [4.69, 9.17) is 46.9 Å². The number of hydrogen-bond donors (Lipinski definition) is 1. The van der Waals surface area contributed by atoms with Crippen molar-refractivity contribution in [3.63, 3.8) is 0 Å². The molecule has 50 heavy (non-hydrogen) atoms. The monoisotopic (exact) mass is 719 g/mol. The number of nitrogens with one attached hydrogen (secondary N) is 1. The van der Waals surface area contributed by atoms with E-state index in [1.807, 2.05) is 24.3 Å². The van der Waals surface area contributed by atoms with Crippen LogP contribution in [-0.4, -0.2) is 68.9 Å². The highest BCUT2D eigenvalue weighted by Crippen LogP contribution is 2.36. The summed E-state index contributed by atoms with van der Waals surface area (Å²) >= 11 is 12.9. The van der Waals surface area contributed by atoms with Gasteiger partial charge in [-0.25, -0.2) is 9.59 Å². The van der Waals surface area contributed by atoms with E-state index >= 15 is 0 Å². The van der Waals surface area contributed by atoms with Crippen molar-refractivity contribution >= 4 is 40.8 Å². The van der Waals surface area contributed by atoms with Crippen molar-refractivity contribution in [3.8, 4) is 17.2 Å². The van der Waals surface area contributed by atoms with Crippen molar-refractivity contribution in [3.05, 3.63) is 111 Å². The number of ether oxygens (including phenoxy) is 5. The van der Waals surface area contributed by atoms with Crippen LogP contribution in [0.4, 0.5) is 5.69 Å². The topological polar surface area (TPSA) is 108 Å². The number of esters is 2. The zero-order valence-electron chi connectivity index (χ0n) is 28.1. The molecule has 3 fully saturated rings. The van der Waals surface area contributed by atoms with E-state index in [0.717, 1.165) is 32.5 Å². The summed E-state index contributed by atoms with van der Waals surface area (Å²) in [6.07, 6.45) is 4.31. The van der Waals surface area contributed by atoms with Crippen LogP contribution in [0.15, 0.2) is 79.1 Å². The van der Waals surface area contributed by atoms with Crippen LogP contribution in [0, 0.1) is 5.92 Å². The fourth-order valence-electron chi connectivity index (χ4n) is 6.53. The summed E-state index contributed by atoms with van der Waals surface area (Å²) in [7, 11) is 4.66. The van der Waals surface area contributed by atoms with Gasteiger partial charge >= 0.3 is 11.9 Å². The molecule has 1 aromatic heterocycles. The highest BCUT2D eigenvalue weighted by atomic mass is 35.5. The van der Waals surface area contributed by atoms with Crippen LogP contribution in [0.25, 0.3) is 0 Å². The molecule has 1 N–H and O–H groups in total. The van der Waals surface area contributed by atoms with Gasteiger partial charge in [-0.05, 0) is 97.1 Å². The van der Waals surface area contributed by atoms with Crippen LogP contribution in [0.2, 0.25) is 10.0 Å². The molecule has 3 atom stereocenters. The molecule has 10 nitrogen and oxygen atoms in total. The molecule has 4 heterocycles. The van der Waals surface area contributed by atoms with Gasteiger partial charge in [0.1, 0.15) is 18.0 Å². The van der Waals surface area contributed by atoms with Gasteiger partial charge in [-0.1, -0.05) is 41.4 Å². The number of methoxy groups -OCH3 is 3. The number of aromatic nitrogens is 1. The molecule has 4 aromatic rings. The van der Waals surface area contributed by atoms with Gasteiger partial charge in [-0.15, -0.1) is 0 Å². The minimum atomic E-state index is -0.803. The smallest absolute Gasteiger partial charge is 0.338 e. The third kappa shape index (κ3) is 8.09. The van der Waals surface area contributed by atoms with E-state index < -0.39 is 18.1 Å². The fraction of sp³-hybridized carbons (Fsp3) is 0.342. The zero-order chi connectivity index (χ0) is 35.2. The normalized spacial score (nSPS) is 19.2. The van der Waals surface area contributed by atoms with Crippen molar-refractivity contribution in [1.82, 2.24) is 9.88 Å². The van der Waals surface area contributed by atoms with E-state index in [1.165, 1.54) is 19.5 Å². The molecule has 2 unspecified atom stereocenters. The van der Waals surface area contributed by atoms with Crippen LogP contribution < -0.4 is 19.5 Å². The lowest BCUT2D eigenvalue weighted by Crippen LogP contribution is -2.52. The maximum absolute atomic E-state index is 13.7. The minimum Gasteiger partial charge on any atom is -0.497 e. The van der Waals surface area contributed by atoms with E-state index in [-0.39, 0.29) is 18.5 Å². The Morgan fingerprint density at radius 1 is 0.880 bits per heavy atom. The summed E-state index contributed by atoms with van der Waals surface area (Å²) in [5.41, 5.74) is 2.86. The number of pyridine rings is 1. The van der Waals surface area contributed by atoms with Gasteiger partial charge in [0.05, 0.1) is 36.9 Å². The molecule has 262 valence electrons. The van der Waals surface area contributed by atoms with Crippen molar-refractivity contribution < 1.29 is 33.3 Å². The minimum absolute atomic E-state index is 0.146. The van der Waals surface area contributed by atoms with Gasteiger partial charge in [0, 0.05) is 31.0 Å². The number of rotatable bonds is 13. The summed E-state index contributed by atoms with van der Waals surface area (Å²) in [5, 5.41) is 4.03. The van der Waals surface area contributed by atoms with Gasteiger partial charge in [0.2, 0.25) is 0 Å². The second kappa shape index (κ2) is 16.0. The predicted octanol–water partition coefficient (Wildman–Crippen LogP) is 7.35. The first-order valence-electron chi connectivity index (χ1n) is 16.4. The van der Waals surface area contributed by atoms with Crippen molar-refractivity contribution in [1.29, 1.82) is 0 Å². The molecule has 12 heteroatoms. The maximum atomic E-state index is 13.7. The summed E-state index contributed by atoms with van der Waals surface area (Å²) in [6.45, 7) is 2.85. The number of benzene rings is 3. The number of fused-ring (bicyclic) bond motifs is 3. The third-order valence-electron chi connectivity index (χ3n) is 9.33. The summed E-state index contributed by atoms with van der Waals surface area (Å²) < 4.78 is 28.6. The van der Waals surface area contributed by atoms with Gasteiger partial charge in [0.15, 0.2) is 17.5 Å². The lowest BCUT2D eigenvalue weighted by Gasteiger charge is -2.44. The van der Waals surface area contributed by atoms with E-state index in [0.29, 0.717) is 61.2 Å². The first-order valence-corrected chi connectivity index (χ1v) is 17.2. The molecular weight excluding hydrogens is 681 g/mol. The van der Waals surface area contributed by atoms with Crippen LogP contribution in [0.3, 0.4) is 0 Å². The number of halogens is 2. The first kappa shape index (κ1) is 35.3. The number of hydrogen-bond acceptors (Lipinski definition) is 10. The number of anilines is 1. The molecule has 0 radical (unpaired) electrons. The zero-order valence-corrected chi connectivity index (χ0v) is 29.6. The SMILES string of the molecule is COc1cccc(C(Nc2ccc(C(=O)OC(Cc3c(Cl)cncc3Cl)c3ccc(OC)c(OC)c3)cc2)C(=O)O[C@H]2CN3CCC2CC3)c1. The maximum Gasteiger partial charge on any atom is 0.338 e. The lowest BCUT2D eigenvalue weighted by molar-refractivity contribution is -0.159. The highest BCUT2D eigenvalue weighted by molar-refractivity contribution is 6.35. The fourth-order valence-corrected chi connectivity index (χ4v) is 7.05. The second-order valence-corrected chi connectivity index (χ2v) is 13.2. The molecule has 0 aliphatic carbocycles. The molecule has 0 spiro atoms. The molecular formula is C38H39Cl2N3O7. The van der Waals surface area contributed by atoms with E-state index in [1.54, 1.807) is 56.7 Å². The van der Waals surface area contributed by atoms with E-state index in [2.05, 4.69) is 15.2 Å². The largest absolute Gasteiger partial charge is 0.497 e. The van der Waals surface area contributed by atoms with Crippen LogP contribution >= 0.6 is 23.2 Å². The van der Waals surface area contributed by atoms with Crippen LogP contribution in [0.1, 0.15) is 52.0 Å². The highest BCUT2D eigenvalue weighted by Gasteiger charge is 2.38. The van der Waals surface area contributed by atoms with Gasteiger partial charge in [-0.3, -0.25) is 9.88 Å². The molecule has 3 aromatic carbocycles. The Hall–Kier alpha value is -4.51. The number of piperidine rings is 3. The Labute approximate surface area is 301 Å². The number of carbonyl (C=O) groups excluding carboxylic acids is 2. The van der Waals surface area contributed by atoms with Gasteiger partial charge < -0.3 is 29.0 Å². The first-order chi connectivity index (χ1) is 24.3. The molecule has 3 saturated heterocycles. The summed E-state index contributed by atoms with van der Waals surface area (Å²) in [4.78, 5) is 33.7. The van der Waals surface area contributed by atoms with Crippen molar-refractivity contribution in [2.24, 2.45) is 5.92 Å². The van der Waals surface area contributed by atoms with Gasteiger partial charge in [0.25, 0.3) is 0 Å². The molecule has 3 aliphatic heterocycles. The van der Waals surface area contributed by atoms with Crippen molar-refractivity contribution in [2.45, 2.75) is 37.5 Å². The lowest BCUT2D eigenvalue weighted by atomic mass is 9.86. The molecule has 0 amide bonds. The molecule has 3 aliphatic rings. The predicted molar refractivity (Wildman–Crippen MR) is 191 cm³/mol. The second-order valence-electron chi connectivity index (χ2n) is 12.3. The average Bonchev–Trinajstić information content (AvgIpc) is 3.15. The molecule has 2 bridgehead atoms. The van der Waals surface area contributed by atoms with Crippen molar-refractivity contribution in [2.75, 3.05) is 46.3 Å². The third-order valence-corrected chi connectivity index (χ3v) is 9.98.